The minimum atomic E-state index is -1.40. The highest BCUT2D eigenvalue weighted by molar-refractivity contribution is 7.10. The van der Waals surface area contributed by atoms with Gasteiger partial charge in [0.25, 0.3) is 0 Å². The summed E-state index contributed by atoms with van der Waals surface area (Å²) in [4.78, 5) is 13.5. The first-order valence-electron chi connectivity index (χ1n) is 23.3. The van der Waals surface area contributed by atoms with E-state index in [4.69, 9.17) is 9.47 Å². The van der Waals surface area contributed by atoms with E-state index in [-0.39, 0.29) is 56.2 Å². The Morgan fingerprint density at radius 2 is 1.13 bits per heavy atom. The summed E-state index contributed by atoms with van der Waals surface area (Å²) in [5.41, 5.74) is -1.47. The number of methoxy groups -OCH3 is 2. The zero-order chi connectivity index (χ0) is 49.6. The molecule has 4 atom stereocenters. The van der Waals surface area contributed by atoms with Gasteiger partial charge in [-0.3, -0.25) is 19.8 Å². The average Bonchev–Trinajstić information content (AvgIpc) is 3.90. The molecule has 0 amide bonds. The number of piperidine rings is 2. The Kier molecular flexibility index (Phi) is 16.0. The molecule has 2 saturated heterocycles. The van der Waals surface area contributed by atoms with Gasteiger partial charge in [-0.1, -0.05) is 29.7 Å². The van der Waals surface area contributed by atoms with Crippen molar-refractivity contribution >= 4 is 33.1 Å². The number of aromatic nitrogens is 2. The number of rotatable bonds is 15. The van der Waals surface area contributed by atoms with E-state index in [1.54, 1.807) is 47.7 Å². The first-order valence-corrected chi connectivity index (χ1v) is 24.2. The lowest BCUT2D eigenvalue weighted by Crippen LogP contribution is -2.57. The van der Waals surface area contributed by atoms with Gasteiger partial charge in [0.1, 0.15) is 29.0 Å². The van der Waals surface area contributed by atoms with E-state index in [9.17, 15) is 33.6 Å². The molecule has 0 saturated carbocycles. The van der Waals surface area contributed by atoms with Crippen LogP contribution in [0.25, 0.3) is 21.8 Å². The Morgan fingerprint density at radius 1 is 0.643 bits per heavy atom. The van der Waals surface area contributed by atoms with E-state index < -0.39 is 69.9 Å². The summed E-state index contributed by atoms with van der Waals surface area (Å²) in [5.74, 6) is 7.72. The largest absolute Gasteiger partial charge is 0.497 e. The van der Waals surface area contributed by atoms with E-state index in [1.807, 2.05) is 22.4 Å². The fourth-order valence-electron chi connectivity index (χ4n) is 10.3. The van der Waals surface area contributed by atoms with Crippen LogP contribution in [0.15, 0.2) is 78.4 Å². The third-order valence-corrected chi connectivity index (χ3v) is 15.2. The van der Waals surface area contributed by atoms with Crippen molar-refractivity contribution in [3.05, 3.63) is 129 Å². The summed E-state index contributed by atoms with van der Waals surface area (Å²) < 4.78 is 84.5. The lowest BCUT2D eigenvalue weighted by atomic mass is 9.61. The standard InChI is InChI=1S/C54H55F5N4O6S/c1-68-36-9-11-44-39(30-36)48(42(57)32-60-44)46(64)13-15-53(17-23-62(24-18-53)21-3-6-34-28-35(55)29-41(56)50(34)59)51(66)52(67)54(19-25-63(26-20-54)22-4-7-38-8-5-27-70-38)16-14-47(65)49-40-31-37(69-2)10-12-45(40)61-33-43(49)58/h5,8-12,27-33,46-47,51-52,64-67H,13-26H2,1-2H3/t46-,47-,51?,52?/m0/s1. The monoisotopic (exact) mass is 982 g/mol. The van der Waals surface area contributed by atoms with Crippen molar-refractivity contribution in [1.29, 1.82) is 0 Å². The number of aliphatic hydroxyl groups excluding tert-OH is 4. The number of hydrogen-bond donors (Lipinski definition) is 4. The highest BCUT2D eigenvalue weighted by atomic mass is 32.1. The molecule has 2 unspecified atom stereocenters. The molecule has 4 N–H and O–H groups in total. The number of likely N-dealkylation sites (tertiary alicyclic amines) is 2. The molecule has 16 heteroatoms. The number of aliphatic hydroxyl groups is 4. The quantitative estimate of drug-likeness (QED) is 0.0450. The Labute approximate surface area is 407 Å². The van der Waals surface area contributed by atoms with E-state index in [0.717, 1.165) is 23.3 Å². The number of pyridine rings is 2. The second kappa shape index (κ2) is 22.2. The first-order chi connectivity index (χ1) is 33.7. The van der Waals surface area contributed by atoms with Gasteiger partial charge in [0, 0.05) is 38.8 Å². The van der Waals surface area contributed by atoms with Crippen LogP contribution in [0.2, 0.25) is 0 Å². The average molecular weight is 983 g/mol. The van der Waals surface area contributed by atoms with Crippen LogP contribution in [0.3, 0.4) is 0 Å². The second-order valence-corrected chi connectivity index (χ2v) is 19.4. The third-order valence-electron chi connectivity index (χ3n) is 14.4. The van der Waals surface area contributed by atoms with Crippen molar-refractivity contribution in [2.75, 3.05) is 53.5 Å². The molecule has 8 rings (SSSR count). The molecule has 6 aromatic rings. The summed E-state index contributed by atoms with van der Waals surface area (Å²) in [6.07, 6.45) is -1.58. The number of nitrogens with zero attached hydrogens (tertiary/aromatic N) is 4. The predicted octanol–water partition coefficient (Wildman–Crippen LogP) is 8.87. The Bertz CT molecular complexity index is 2920. The predicted molar refractivity (Wildman–Crippen MR) is 258 cm³/mol. The Balaban J connectivity index is 1.09. The molecule has 10 nitrogen and oxygen atoms in total. The van der Waals surface area contributed by atoms with Gasteiger partial charge in [-0.15, -0.1) is 11.3 Å². The zero-order valence-electron chi connectivity index (χ0n) is 38.9. The van der Waals surface area contributed by atoms with Crippen LogP contribution in [0.1, 0.15) is 85.1 Å². The van der Waals surface area contributed by atoms with Crippen molar-refractivity contribution < 1.29 is 51.9 Å². The summed E-state index contributed by atoms with van der Waals surface area (Å²) in [6, 6.07) is 15.1. The molecule has 0 aliphatic carbocycles. The van der Waals surface area contributed by atoms with Crippen LogP contribution in [0, 0.1) is 63.6 Å². The number of ether oxygens (including phenoxy) is 2. The molecule has 3 aromatic heterocycles. The van der Waals surface area contributed by atoms with Gasteiger partial charge >= 0.3 is 0 Å². The van der Waals surface area contributed by atoms with E-state index in [1.165, 1.54) is 14.2 Å². The maximum atomic E-state index is 15.7. The topological polar surface area (TPSA) is 132 Å². The normalized spacial score (nSPS) is 17.8. The molecule has 5 heterocycles. The molecule has 368 valence electrons. The smallest absolute Gasteiger partial charge is 0.174 e. The van der Waals surface area contributed by atoms with Crippen molar-refractivity contribution in [1.82, 2.24) is 19.8 Å². The first kappa shape index (κ1) is 50.7. The van der Waals surface area contributed by atoms with Crippen LogP contribution in [-0.4, -0.2) is 106 Å². The lowest BCUT2D eigenvalue weighted by molar-refractivity contribution is -0.155. The molecule has 0 bridgehead atoms. The number of halogens is 5. The molecule has 3 aromatic carbocycles. The Morgan fingerprint density at radius 3 is 1.59 bits per heavy atom. The SMILES string of the molecule is COc1ccc2ncc(F)c([C@@H](O)CCC3(C(O)C(O)C4(CC[C@H](O)c5c(F)cnc6ccc(OC)cc56)CCN(CC#Cc5cc(F)cc(F)c5F)CC4)CCN(CC#Cc4cccs4)CC3)c2c1. The molecule has 2 fully saturated rings. The molecular weight excluding hydrogens is 928 g/mol. The van der Waals surface area contributed by atoms with Crippen LogP contribution >= 0.6 is 11.3 Å². The van der Waals surface area contributed by atoms with Gasteiger partial charge in [-0.25, -0.2) is 22.0 Å². The van der Waals surface area contributed by atoms with Crippen LogP contribution in [0.4, 0.5) is 22.0 Å². The van der Waals surface area contributed by atoms with Crippen LogP contribution < -0.4 is 9.47 Å². The molecular formula is C54H55F5N4O6S. The maximum absolute atomic E-state index is 15.7. The van der Waals surface area contributed by atoms with Crippen molar-refractivity contribution in [3.63, 3.8) is 0 Å². The summed E-state index contributed by atoms with van der Waals surface area (Å²) >= 11 is 1.55. The molecule has 0 radical (unpaired) electrons. The van der Waals surface area contributed by atoms with E-state index in [0.29, 0.717) is 84.9 Å². The summed E-state index contributed by atoms with van der Waals surface area (Å²) in [6.45, 7) is 2.25. The van der Waals surface area contributed by atoms with Gasteiger partial charge < -0.3 is 29.9 Å². The van der Waals surface area contributed by atoms with E-state index >= 15 is 8.78 Å². The fourth-order valence-corrected chi connectivity index (χ4v) is 10.8. The fraction of sp³-hybridized carbons (Fsp3) is 0.407. The van der Waals surface area contributed by atoms with Gasteiger partial charge in [-0.05, 0) is 131 Å². The highest BCUT2D eigenvalue weighted by Gasteiger charge is 2.51. The third kappa shape index (κ3) is 11.1. The van der Waals surface area contributed by atoms with Gasteiger partial charge in [-0.2, -0.15) is 0 Å². The molecule has 70 heavy (non-hydrogen) atoms. The molecule has 0 spiro atoms. The van der Waals surface area contributed by atoms with E-state index in [2.05, 4.69) is 38.5 Å². The van der Waals surface area contributed by atoms with Gasteiger partial charge in [0.05, 0.1) is 85.6 Å². The van der Waals surface area contributed by atoms with Gasteiger partial charge in [0.15, 0.2) is 11.6 Å². The number of thiophene rings is 1. The Hall–Kier alpha value is -5.69. The zero-order valence-corrected chi connectivity index (χ0v) is 39.7. The van der Waals surface area contributed by atoms with Crippen molar-refractivity contribution in [2.24, 2.45) is 10.8 Å². The summed E-state index contributed by atoms with van der Waals surface area (Å²) in [5, 5.41) is 52.1. The minimum absolute atomic E-state index is 0.0124. The minimum Gasteiger partial charge on any atom is -0.497 e. The maximum Gasteiger partial charge on any atom is 0.174 e. The molecule has 2 aliphatic rings. The summed E-state index contributed by atoms with van der Waals surface area (Å²) in [7, 11) is 2.97. The number of benzene rings is 3. The van der Waals surface area contributed by atoms with Crippen LogP contribution in [0.5, 0.6) is 11.5 Å². The second-order valence-electron chi connectivity index (χ2n) is 18.4. The number of fused-ring (bicyclic) bond motifs is 2. The number of hydrogen-bond acceptors (Lipinski definition) is 11. The van der Waals surface area contributed by atoms with Crippen molar-refractivity contribution in [2.45, 2.75) is 75.8 Å². The molecule has 2 aliphatic heterocycles. The van der Waals surface area contributed by atoms with Gasteiger partial charge in [0.2, 0.25) is 0 Å². The van der Waals surface area contributed by atoms with Crippen molar-refractivity contribution in [3.8, 4) is 35.2 Å². The highest BCUT2D eigenvalue weighted by Crippen LogP contribution is 2.50. The lowest BCUT2D eigenvalue weighted by Gasteiger charge is -2.52. The van der Waals surface area contributed by atoms with Crippen LogP contribution in [-0.2, 0) is 0 Å².